The first-order valence-corrected chi connectivity index (χ1v) is 19.9. The normalized spacial score (nSPS) is 12.8. The van der Waals surface area contributed by atoms with Crippen molar-refractivity contribution in [2.75, 3.05) is 0 Å². The first-order valence-electron chi connectivity index (χ1n) is 19.9. The third-order valence-corrected chi connectivity index (χ3v) is 13.7. The minimum absolute atomic E-state index is 1.30. The third-order valence-electron chi connectivity index (χ3n) is 13.7. The van der Waals surface area contributed by atoms with Gasteiger partial charge in [-0.15, -0.1) is 0 Å². The highest BCUT2D eigenvalue weighted by Crippen LogP contribution is 2.58. The summed E-state index contributed by atoms with van der Waals surface area (Å²) in [5.74, 6) is 0. The van der Waals surface area contributed by atoms with Crippen LogP contribution in [0.25, 0.3) is 141 Å². The van der Waals surface area contributed by atoms with Gasteiger partial charge in [-0.1, -0.05) is 158 Å². The summed E-state index contributed by atoms with van der Waals surface area (Å²) in [6.45, 7) is 4.57. The summed E-state index contributed by atoms with van der Waals surface area (Å²) in [5, 5.41) is 24.5. The molecule has 1 aliphatic rings. The Kier molecular flexibility index (Phi) is 5.23. The molecule has 0 N–H and O–H groups in total. The van der Waals surface area contributed by atoms with E-state index >= 15 is 0 Å². The van der Waals surface area contributed by atoms with Crippen LogP contribution >= 0.6 is 0 Å². The smallest absolute Gasteiger partial charge is 0.000707 e. The average molecular weight is 705 g/mol. The average Bonchev–Trinajstić information content (AvgIpc) is 3.88. The van der Waals surface area contributed by atoms with Crippen molar-refractivity contribution in [3.05, 3.63) is 169 Å². The Morgan fingerprint density at radius 2 is 0.571 bits per heavy atom. The van der Waals surface area contributed by atoms with Gasteiger partial charge in [-0.2, -0.15) is 0 Å². The molecule has 0 atom stereocenters. The first-order chi connectivity index (χ1) is 27.7. The van der Waals surface area contributed by atoms with E-state index in [1.54, 1.807) is 0 Å². The van der Waals surface area contributed by atoms with E-state index in [2.05, 4.69) is 172 Å². The van der Waals surface area contributed by atoms with Gasteiger partial charge < -0.3 is 0 Å². The fraction of sp³-hybridized carbons (Fsp3) is 0.0357. The van der Waals surface area contributed by atoms with Gasteiger partial charge in [0.25, 0.3) is 0 Å². The lowest BCUT2D eigenvalue weighted by Crippen LogP contribution is -1.91. The molecule has 56 heavy (non-hydrogen) atoms. The number of rotatable bonds is 2. The van der Waals surface area contributed by atoms with Crippen molar-refractivity contribution < 1.29 is 0 Å². The highest BCUT2D eigenvalue weighted by atomic mass is 14.3. The molecule has 0 saturated carbocycles. The van der Waals surface area contributed by atoms with Gasteiger partial charge in [0.15, 0.2) is 0 Å². The second kappa shape index (κ2) is 9.99. The van der Waals surface area contributed by atoms with Crippen LogP contribution in [0.4, 0.5) is 0 Å². The van der Waals surface area contributed by atoms with Crippen molar-refractivity contribution in [3.8, 4) is 44.5 Å². The van der Waals surface area contributed by atoms with E-state index in [4.69, 9.17) is 0 Å². The molecule has 0 heterocycles. The Bertz CT molecular complexity index is 3640. The van der Waals surface area contributed by atoms with Crippen LogP contribution in [-0.4, -0.2) is 0 Å². The largest absolute Gasteiger partial charge is 0.0620 e. The molecule has 14 rings (SSSR count). The monoisotopic (exact) mass is 704 g/mol. The zero-order valence-electron chi connectivity index (χ0n) is 31.0. The van der Waals surface area contributed by atoms with Gasteiger partial charge in [0.05, 0.1) is 0 Å². The van der Waals surface area contributed by atoms with Gasteiger partial charge in [0.1, 0.15) is 0 Å². The van der Waals surface area contributed by atoms with Crippen molar-refractivity contribution in [2.45, 2.75) is 13.8 Å². The Hall–Kier alpha value is -7.02. The van der Waals surface area contributed by atoms with Crippen molar-refractivity contribution in [3.63, 3.8) is 0 Å². The lowest BCUT2D eigenvalue weighted by molar-refractivity contribution is 1.47. The third kappa shape index (κ3) is 3.28. The van der Waals surface area contributed by atoms with Crippen molar-refractivity contribution >= 4 is 97.0 Å². The summed E-state index contributed by atoms with van der Waals surface area (Å²) in [6.07, 6.45) is 0. The van der Waals surface area contributed by atoms with Gasteiger partial charge in [0.2, 0.25) is 0 Å². The Morgan fingerprint density at radius 1 is 0.214 bits per heavy atom. The Balaban J connectivity index is 1.28. The summed E-state index contributed by atoms with van der Waals surface area (Å²) in [5.41, 5.74) is 13.3. The van der Waals surface area contributed by atoms with E-state index in [1.165, 1.54) is 153 Å². The second-order valence-corrected chi connectivity index (χ2v) is 16.3. The van der Waals surface area contributed by atoms with Crippen LogP contribution < -0.4 is 0 Å². The highest BCUT2D eigenvalue weighted by molar-refractivity contribution is 6.50. The zero-order chi connectivity index (χ0) is 36.6. The topological polar surface area (TPSA) is 0 Å². The van der Waals surface area contributed by atoms with Gasteiger partial charge in [-0.05, 0) is 166 Å². The molecule has 0 aromatic heterocycles. The summed E-state index contributed by atoms with van der Waals surface area (Å²) in [6, 6.07) is 60.3. The number of benzene rings is 11. The van der Waals surface area contributed by atoms with Crippen LogP contribution in [0.5, 0.6) is 0 Å². The fourth-order valence-electron chi connectivity index (χ4n) is 11.5. The zero-order valence-corrected chi connectivity index (χ0v) is 31.0. The Morgan fingerprint density at radius 3 is 1.04 bits per heavy atom. The molecule has 0 amide bonds. The Labute approximate surface area is 322 Å². The summed E-state index contributed by atoms with van der Waals surface area (Å²) < 4.78 is 0. The van der Waals surface area contributed by atoms with Crippen LogP contribution in [0.1, 0.15) is 11.1 Å². The molecule has 0 bridgehead atoms. The van der Waals surface area contributed by atoms with Crippen molar-refractivity contribution in [2.24, 2.45) is 0 Å². The molecule has 13 aromatic rings. The summed E-state index contributed by atoms with van der Waals surface area (Å²) >= 11 is 0. The molecular formula is C56H32. The highest BCUT2D eigenvalue weighted by Gasteiger charge is 2.30. The molecule has 0 nitrogen and oxygen atoms in total. The van der Waals surface area contributed by atoms with Gasteiger partial charge in [-0.3, -0.25) is 0 Å². The molecular weight excluding hydrogens is 673 g/mol. The van der Waals surface area contributed by atoms with Crippen LogP contribution in [0.3, 0.4) is 0 Å². The maximum absolute atomic E-state index is 2.47. The lowest BCUT2D eigenvalue weighted by Gasteiger charge is -2.17. The summed E-state index contributed by atoms with van der Waals surface area (Å²) in [7, 11) is 0. The van der Waals surface area contributed by atoms with Gasteiger partial charge in [0, 0.05) is 0 Å². The molecule has 13 aromatic carbocycles. The van der Waals surface area contributed by atoms with Crippen molar-refractivity contribution in [1.82, 2.24) is 0 Å². The molecule has 0 unspecified atom stereocenters. The van der Waals surface area contributed by atoms with Crippen LogP contribution in [0.2, 0.25) is 0 Å². The van der Waals surface area contributed by atoms with Crippen LogP contribution in [0.15, 0.2) is 158 Å². The van der Waals surface area contributed by atoms with Gasteiger partial charge in [-0.25, -0.2) is 0 Å². The standard InChI is InChI=1S/C56H32/c1-29-11-3-5-15-32(29)51-53-42-19-9-13-31-14-10-20-43(46(31)42)54(53)52(33-16-6-4-12-30(33)2)56-45-28-26-41-39-24-22-37-35-18-8-7-17-34(35)36-21-23-38(48(39)47(36)37)40-25-27-44(55(51)56)50(45)49(40)41/h3-28H,1-2H3. The van der Waals surface area contributed by atoms with E-state index < -0.39 is 0 Å². The van der Waals surface area contributed by atoms with E-state index in [-0.39, 0.29) is 0 Å². The maximum Gasteiger partial charge on any atom is -0.000707 e. The summed E-state index contributed by atoms with van der Waals surface area (Å²) in [4.78, 5) is 0. The maximum atomic E-state index is 2.47. The number of hydrogen-bond donors (Lipinski definition) is 0. The number of fused-ring (bicyclic) bond motifs is 11. The molecule has 0 spiro atoms. The first kappa shape index (κ1) is 29.4. The number of hydrogen-bond acceptors (Lipinski definition) is 0. The van der Waals surface area contributed by atoms with Crippen LogP contribution in [-0.2, 0) is 0 Å². The fourth-order valence-corrected chi connectivity index (χ4v) is 11.5. The molecule has 0 fully saturated rings. The van der Waals surface area contributed by atoms with Gasteiger partial charge >= 0.3 is 0 Å². The minimum Gasteiger partial charge on any atom is -0.0620 e. The molecule has 256 valence electrons. The predicted octanol–water partition coefficient (Wildman–Crippen LogP) is 16.0. The molecule has 0 heteroatoms. The molecule has 1 aliphatic carbocycles. The van der Waals surface area contributed by atoms with Crippen LogP contribution in [0, 0.1) is 13.8 Å². The van der Waals surface area contributed by atoms with E-state index in [1.807, 2.05) is 0 Å². The van der Waals surface area contributed by atoms with E-state index in [9.17, 15) is 0 Å². The predicted molar refractivity (Wildman–Crippen MR) is 242 cm³/mol. The molecule has 0 saturated heterocycles. The van der Waals surface area contributed by atoms with Crippen molar-refractivity contribution in [1.29, 1.82) is 0 Å². The quantitative estimate of drug-likeness (QED) is 0.124. The van der Waals surface area contributed by atoms with E-state index in [0.29, 0.717) is 0 Å². The molecule has 0 aliphatic heterocycles. The minimum atomic E-state index is 1.30. The molecule has 0 radical (unpaired) electrons. The SMILES string of the molecule is Cc1ccccc1-c1c2c3cccc4cccc(c2c(-c2ccccc2C)c2c5ccc6c7ccc8c9c(ccc(c%10ccc(c12)c5c%106)c97)-c1ccccc1-8)c43. The number of aryl methyl sites for hydroxylation is 2. The second-order valence-electron chi connectivity index (χ2n) is 16.3. The lowest BCUT2D eigenvalue weighted by atomic mass is 9.85. The van der Waals surface area contributed by atoms with E-state index in [0.717, 1.165) is 0 Å².